The van der Waals surface area contributed by atoms with E-state index in [1.165, 1.54) is 4.90 Å². The topological polar surface area (TPSA) is 94.9 Å². The van der Waals surface area contributed by atoms with Crippen LogP contribution in [-0.2, 0) is 14.4 Å². The van der Waals surface area contributed by atoms with Gasteiger partial charge in [-0.05, 0) is 30.5 Å². The number of unbranched alkanes of at least 4 members (excludes halogenated alkanes) is 2. The van der Waals surface area contributed by atoms with E-state index in [4.69, 9.17) is 16.7 Å². The van der Waals surface area contributed by atoms with Gasteiger partial charge in [-0.15, -0.1) is 0 Å². The molecule has 1 unspecified atom stereocenters. The van der Waals surface area contributed by atoms with Gasteiger partial charge in [-0.3, -0.25) is 14.4 Å². The summed E-state index contributed by atoms with van der Waals surface area (Å²) in [6.07, 6.45) is 1.72. The molecule has 0 radical (unpaired) electrons. The van der Waals surface area contributed by atoms with Gasteiger partial charge < -0.3 is 15.1 Å². The number of carboxylic acids is 1. The van der Waals surface area contributed by atoms with Crippen molar-refractivity contribution in [2.75, 3.05) is 6.54 Å². The largest absolute Gasteiger partial charge is 0.507 e. The molecule has 156 valence electrons. The summed E-state index contributed by atoms with van der Waals surface area (Å²) in [6, 6.07) is 14.7. The second kappa shape index (κ2) is 9.59. The van der Waals surface area contributed by atoms with Crippen molar-refractivity contribution in [1.29, 1.82) is 0 Å². The summed E-state index contributed by atoms with van der Waals surface area (Å²) in [7, 11) is 0. The lowest BCUT2D eigenvalue weighted by molar-refractivity contribution is -0.140. The van der Waals surface area contributed by atoms with E-state index >= 15 is 0 Å². The third kappa shape index (κ3) is 4.71. The highest BCUT2D eigenvalue weighted by atomic mass is 35.5. The molecule has 2 N–H and O–H groups in total. The number of halogens is 1. The minimum atomic E-state index is -0.862. The van der Waals surface area contributed by atoms with Crippen molar-refractivity contribution >= 4 is 35.0 Å². The van der Waals surface area contributed by atoms with Crippen LogP contribution < -0.4 is 0 Å². The minimum absolute atomic E-state index is 0.0408. The number of amides is 1. The van der Waals surface area contributed by atoms with Crippen LogP contribution in [0.2, 0.25) is 5.02 Å². The molecule has 0 aliphatic carbocycles. The predicted molar refractivity (Wildman–Crippen MR) is 113 cm³/mol. The Morgan fingerprint density at radius 1 is 0.933 bits per heavy atom. The molecular formula is C23H22ClNO5. The lowest BCUT2D eigenvalue weighted by atomic mass is 9.95. The van der Waals surface area contributed by atoms with Gasteiger partial charge in [0.15, 0.2) is 0 Å². The lowest BCUT2D eigenvalue weighted by Gasteiger charge is -2.25. The maximum absolute atomic E-state index is 12.8. The Bertz CT molecular complexity index is 969. The maximum atomic E-state index is 12.8. The summed E-state index contributed by atoms with van der Waals surface area (Å²) in [5.41, 5.74) is 1.16. The van der Waals surface area contributed by atoms with E-state index in [9.17, 15) is 19.5 Å². The van der Waals surface area contributed by atoms with Gasteiger partial charge in [0.05, 0.1) is 11.6 Å². The Balaban J connectivity index is 1.95. The summed E-state index contributed by atoms with van der Waals surface area (Å²) < 4.78 is 0. The number of ketones is 1. The van der Waals surface area contributed by atoms with Crippen LogP contribution in [0.3, 0.4) is 0 Å². The van der Waals surface area contributed by atoms with Gasteiger partial charge in [0, 0.05) is 23.6 Å². The van der Waals surface area contributed by atoms with Crippen molar-refractivity contribution in [1.82, 2.24) is 4.90 Å². The van der Waals surface area contributed by atoms with Crippen LogP contribution in [0, 0.1) is 0 Å². The first-order valence-corrected chi connectivity index (χ1v) is 10.1. The van der Waals surface area contributed by atoms with Gasteiger partial charge in [-0.2, -0.15) is 0 Å². The van der Waals surface area contributed by atoms with Gasteiger partial charge >= 0.3 is 5.97 Å². The third-order valence-electron chi connectivity index (χ3n) is 5.06. The number of hydrogen-bond donors (Lipinski definition) is 2. The number of carbonyl (C=O) groups excluding carboxylic acids is 2. The molecule has 1 aliphatic rings. The summed E-state index contributed by atoms with van der Waals surface area (Å²) in [4.78, 5) is 37.8. The monoisotopic (exact) mass is 427 g/mol. The van der Waals surface area contributed by atoms with Crippen LogP contribution in [0.5, 0.6) is 0 Å². The highest BCUT2D eigenvalue weighted by molar-refractivity contribution is 6.46. The fraction of sp³-hybridized carbons (Fsp3) is 0.261. The quantitative estimate of drug-likeness (QED) is 0.281. The summed E-state index contributed by atoms with van der Waals surface area (Å²) in [5, 5.41) is 20.2. The van der Waals surface area contributed by atoms with Crippen LogP contribution in [0.25, 0.3) is 5.76 Å². The first-order valence-electron chi connectivity index (χ1n) is 9.71. The second-order valence-corrected chi connectivity index (χ2v) is 7.55. The van der Waals surface area contributed by atoms with Crippen molar-refractivity contribution in [3.63, 3.8) is 0 Å². The molecule has 7 heteroatoms. The normalized spacial score (nSPS) is 18.0. The van der Waals surface area contributed by atoms with E-state index in [1.54, 1.807) is 54.6 Å². The number of nitrogens with zero attached hydrogens (tertiary/aromatic N) is 1. The molecule has 1 aliphatic heterocycles. The molecule has 1 fully saturated rings. The minimum Gasteiger partial charge on any atom is -0.507 e. The van der Waals surface area contributed by atoms with Crippen LogP contribution in [0.4, 0.5) is 0 Å². The number of benzene rings is 2. The van der Waals surface area contributed by atoms with Crippen molar-refractivity contribution in [3.8, 4) is 0 Å². The van der Waals surface area contributed by atoms with E-state index in [0.717, 1.165) is 0 Å². The van der Waals surface area contributed by atoms with Crippen molar-refractivity contribution in [2.45, 2.75) is 31.7 Å². The number of carbonyl (C=O) groups is 3. The molecule has 1 amide bonds. The molecule has 1 atom stereocenters. The predicted octanol–water partition coefficient (Wildman–Crippen LogP) is 4.41. The Hall–Kier alpha value is -3.12. The molecule has 2 aromatic rings. The smallest absolute Gasteiger partial charge is 0.303 e. The molecule has 1 saturated heterocycles. The van der Waals surface area contributed by atoms with Crippen LogP contribution in [-0.4, -0.2) is 39.3 Å². The van der Waals surface area contributed by atoms with Gasteiger partial charge in [-0.25, -0.2) is 0 Å². The highest BCUT2D eigenvalue weighted by Gasteiger charge is 2.45. The SMILES string of the molecule is O=C(O)CCCCCN1C(=O)C(=O)C(=C(O)c2ccccc2)C1c1ccc(Cl)cc1. The Labute approximate surface area is 179 Å². The molecule has 3 rings (SSSR count). The second-order valence-electron chi connectivity index (χ2n) is 7.11. The van der Waals surface area contributed by atoms with Crippen LogP contribution >= 0.6 is 11.6 Å². The van der Waals surface area contributed by atoms with Gasteiger partial charge in [-0.1, -0.05) is 60.5 Å². The van der Waals surface area contributed by atoms with Crippen LogP contribution in [0.15, 0.2) is 60.2 Å². The van der Waals surface area contributed by atoms with Crippen LogP contribution in [0.1, 0.15) is 42.9 Å². The summed E-state index contributed by atoms with van der Waals surface area (Å²) in [5.74, 6) is -2.49. The molecule has 30 heavy (non-hydrogen) atoms. The van der Waals surface area contributed by atoms with E-state index in [-0.39, 0.29) is 24.3 Å². The molecule has 0 bridgehead atoms. The Morgan fingerprint density at radius 2 is 1.60 bits per heavy atom. The standard InChI is InChI=1S/C23H22ClNO5/c24-17-12-10-15(11-13-17)20-19(21(28)16-7-3-1-4-8-16)22(29)23(30)25(20)14-6-2-5-9-18(26)27/h1,3-4,7-8,10-13,20,28H,2,5-6,9,14H2,(H,26,27). The van der Waals surface area contributed by atoms with E-state index in [1.807, 2.05) is 0 Å². The van der Waals surface area contributed by atoms with Gasteiger partial charge in [0.25, 0.3) is 11.7 Å². The third-order valence-corrected chi connectivity index (χ3v) is 5.31. The van der Waals surface area contributed by atoms with E-state index < -0.39 is 23.7 Å². The molecular weight excluding hydrogens is 406 g/mol. The number of likely N-dealkylation sites (tertiary alicyclic amines) is 1. The van der Waals surface area contributed by atoms with Crippen molar-refractivity contribution < 1.29 is 24.6 Å². The lowest BCUT2D eigenvalue weighted by Crippen LogP contribution is -2.30. The number of carboxylic acid groups (broad SMARTS) is 1. The zero-order valence-corrected chi connectivity index (χ0v) is 17.0. The first kappa shape index (κ1) is 21.6. The van der Waals surface area contributed by atoms with Gasteiger partial charge in [0.2, 0.25) is 0 Å². The van der Waals surface area contributed by atoms with Crippen molar-refractivity contribution in [3.05, 3.63) is 76.3 Å². The Morgan fingerprint density at radius 3 is 2.23 bits per heavy atom. The molecule has 0 saturated carbocycles. The zero-order valence-electron chi connectivity index (χ0n) is 16.3. The fourth-order valence-electron chi connectivity index (χ4n) is 3.59. The Kier molecular flexibility index (Phi) is 6.90. The first-order chi connectivity index (χ1) is 14.4. The van der Waals surface area contributed by atoms with E-state index in [0.29, 0.717) is 35.4 Å². The van der Waals surface area contributed by atoms with Gasteiger partial charge in [0.1, 0.15) is 5.76 Å². The number of Topliss-reactive ketones (excluding diaryl/α,β-unsaturated/α-hetero) is 1. The van der Waals surface area contributed by atoms with E-state index in [2.05, 4.69) is 0 Å². The number of aliphatic hydroxyl groups excluding tert-OH is 1. The number of aliphatic carboxylic acids is 1. The molecule has 1 heterocycles. The summed E-state index contributed by atoms with van der Waals surface area (Å²) >= 11 is 5.99. The average Bonchev–Trinajstić information content (AvgIpc) is 2.99. The number of aliphatic hydroxyl groups is 1. The summed E-state index contributed by atoms with van der Waals surface area (Å²) in [6.45, 7) is 0.281. The number of rotatable bonds is 8. The fourth-order valence-corrected chi connectivity index (χ4v) is 3.71. The zero-order chi connectivity index (χ0) is 21.7. The average molecular weight is 428 g/mol. The molecule has 6 nitrogen and oxygen atoms in total. The molecule has 2 aromatic carbocycles. The van der Waals surface area contributed by atoms with Crippen molar-refractivity contribution in [2.24, 2.45) is 0 Å². The maximum Gasteiger partial charge on any atom is 0.303 e. The number of hydrogen-bond acceptors (Lipinski definition) is 4. The molecule has 0 spiro atoms. The highest BCUT2D eigenvalue weighted by Crippen LogP contribution is 2.39. The molecule has 0 aromatic heterocycles.